The van der Waals surface area contributed by atoms with Crippen LogP contribution in [0.1, 0.15) is 5.56 Å². The first-order valence-electron chi connectivity index (χ1n) is 6.33. The molecule has 0 atom stereocenters. The Bertz CT molecular complexity index is 745. The lowest BCUT2D eigenvalue weighted by Crippen LogP contribution is -2.31. The molecule has 0 amide bonds. The lowest BCUT2D eigenvalue weighted by Gasteiger charge is -2.08. The molecular formula is C16H14N4. The molecule has 20 heavy (non-hydrogen) atoms. The monoisotopic (exact) mass is 262 g/mol. The van der Waals surface area contributed by atoms with Crippen molar-refractivity contribution < 1.29 is 0 Å². The third-order valence-electron chi connectivity index (χ3n) is 3.02. The number of rotatable bonds is 2. The molecule has 0 spiro atoms. The fraction of sp³-hybridized carbons (Fsp3) is 0. The number of hydrogen-bond acceptors (Lipinski definition) is 3. The molecule has 0 aliphatic carbocycles. The molecule has 0 aliphatic heterocycles. The van der Waals surface area contributed by atoms with Gasteiger partial charge in [0.2, 0.25) is 0 Å². The van der Waals surface area contributed by atoms with E-state index in [1.54, 1.807) is 6.20 Å². The van der Waals surface area contributed by atoms with Crippen molar-refractivity contribution in [3.8, 4) is 0 Å². The molecule has 0 saturated heterocycles. The van der Waals surface area contributed by atoms with Crippen LogP contribution in [0.3, 0.4) is 0 Å². The van der Waals surface area contributed by atoms with E-state index in [4.69, 9.17) is 5.84 Å². The van der Waals surface area contributed by atoms with Gasteiger partial charge in [-0.05, 0) is 24.3 Å². The van der Waals surface area contributed by atoms with Gasteiger partial charge in [0, 0.05) is 17.1 Å². The fourth-order valence-electron chi connectivity index (χ4n) is 2.10. The van der Waals surface area contributed by atoms with Crippen molar-refractivity contribution >= 4 is 22.4 Å². The van der Waals surface area contributed by atoms with Crippen LogP contribution in [0.25, 0.3) is 10.9 Å². The maximum absolute atomic E-state index is 5.64. The van der Waals surface area contributed by atoms with Crippen molar-refractivity contribution in [3.63, 3.8) is 0 Å². The van der Waals surface area contributed by atoms with E-state index in [1.165, 1.54) is 0 Å². The summed E-state index contributed by atoms with van der Waals surface area (Å²) in [5.41, 5.74) is 5.27. The van der Waals surface area contributed by atoms with E-state index in [9.17, 15) is 0 Å². The molecule has 4 nitrogen and oxygen atoms in total. The number of benzene rings is 2. The van der Waals surface area contributed by atoms with Gasteiger partial charge in [-0.15, -0.1) is 0 Å². The maximum atomic E-state index is 5.64. The quantitative estimate of drug-likeness (QED) is 0.323. The molecule has 3 N–H and O–H groups in total. The number of amidine groups is 1. The first-order valence-corrected chi connectivity index (χ1v) is 6.33. The summed E-state index contributed by atoms with van der Waals surface area (Å²) in [7, 11) is 0. The van der Waals surface area contributed by atoms with Crippen molar-refractivity contribution in [3.05, 3.63) is 72.4 Å². The molecule has 0 aliphatic rings. The Balaban J connectivity index is 2.15. The summed E-state index contributed by atoms with van der Waals surface area (Å²) in [4.78, 5) is 8.95. The number of aromatic nitrogens is 1. The van der Waals surface area contributed by atoms with Gasteiger partial charge in [0.15, 0.2) is 0 Å². The average molecular weight is 262 g/mol. The second-order valence-corrected chi connectivity index (χ2v) is 4.32. The Morgan fingerprint density at radius 3 is 2.55 bits per heavy atom. The summed E-state index contributed by atoms with van der Waals surface area (Å²) in [5, 5.41) is 1.06. The summed E-state index contributed by atoms with van der Waals surface area (Å²) >= 11 is 0. The minimum absolute atomic E-state index is 0.598. The molecule has 0 radical (unpaired) electrons. The van der Waals surface area contributed by atoms with Crippen LogP contribution in [-0.4, -0.2) is 10.8 Å². The zero-order valence-corrected chi connectivity index (χ0v) is 10.8. The van der Waals surface area contributed by atoms with Crippen LogP contribution in [0.15, 0.2) is 71.9 Å². The number of hydrazine groups is 1. The first-order chi connectivity index (χ1) is 9.88. The van der Waals surface area contributed by atoms with Crippen molar-refractivity contribution in [2.24, 2.45) is 10.8 Å². The molecule has 4 heteroatoms. The Morgan fingerprint density at radius 1 is 0.950 bits per heavy atom. The van der Waals surface area contributed by atoms with Gasteiger partial charge in [0.1, 0.15) is 5.84 Å². The molecule has 3 rings (SSSR count). The summed E-state index contributed by atoms with van der Waals surface area (Å²) in [6, 6.07) is 19.6. The first kappa shape index (κ1) is 12.3. The lowest BCUT2D eigenvalue weighted by atomic mass is 10.1. The zero-order valence-electron chi connectivity index (χ0n) is 10.8. The highest BCUT2D eigenvalue weighted by Crippen LogP contribution is 2.18. The Kier molecular flexibility index (Phi) is 3.39. The molecule has 0 saturated carbocycles. The highest BCUT2D eigenvalue weighted by Gasteiger charge is 2.07. The van der Waals surface area contributed by atoms with Crippen LogP contribution in [0.4, 0.5) is 5.69 Å². The predicted molar refractivity (Wildman–Crippen MR) is 81.7 cm³/mol. The van der Waals surface area contributed by atoms with Crippen LogP contribution in [0, 0.1) is 0 Å². The van der Waals surface area contributed by atoms with Gasteiger partial charge >= 0.3 is 0 Å². The van der Waals surface area contributed by atoms with Crippen LogP contribution >= 0.6 is 0 Å². The minimum Gasteiger partial charge on any atom is -0.308 e. The number of nitrogens with zero attached hydrogens (tertiary/aromatic N) is 2. The number of fused-ring (bicyclic) bond motifs is 1. The van der Waals surface area contributed by atoms with E-state index in [0.717, 1.165) is 22.2 Å². The van der Waals surface area contributed by atoms with Gasteiger partial charge < -0.3 is 5.43 Å². The summed E-state index contributed by atoms with van der Waals surface area (Å²) in [6.45, 7) is 0. The van der Waals surface area contributed by atoms with Gasteiger partial charge in [-0.1, -0.05) is 36.4 Å². The minimum atomic E-state index is 0.598. The number of nitrogens with two attached hydrogens (primary N) is 1. The van der Waals surface area contributed by atoms with Gasteiger partial charge in [-0.2, -0.15) is 0 Å². The lowest BCUT2D eigenvalue weighted by molar-refractivity contribution is 1.02. The van der Waals surface area contributed by atoms with Gasteiger partial charge in [0.05, 0.1) is 11.2 Å². The Morgan fingerprint density at radius 2 is 1.75 bits per heavy atom. The molecule has 0 unspecified atom stereocenters. The topological polar surface area (TPSA) is 63.3 Å². The summed E-state index contributed by atoms with van der Waals surface area (Å²) in [5.74, 6) is 6.23. The molecule has 98 valence electrons. The smallest absolute Gasteiger partial charge is 0.150 e. The van der Waals surface area contributed by atoms with Crippen LogP contribution in [-0.2, 0) is 0 Å². The Labute approximate surface area is 117 Å². The zero-order chi connectivity index (χ0) is 13.8. The van der Waals surface area contributed by atoms with Crippen molar-refractivity contribution in [1.29, 1.82) is 0 Å². The van der Waals surface area contributed by atoms with Gasteiger partial charge in [0.25, 0.3) is 0 Å². The SMILES string of the molecule is NNC(=Nc1ccccc1)c1cccc2cccnc12. The van der Waals surface area contributed by atoms with Crippen molar-refractivity contribution in [2.75, 3.05) is 0 Å². The van der Waals surface area contributed by atoms with E-state index in [-0.39, 0.29) is 0 Å². The van der Waals surface area contributed by atoms with Crippen LogP contribution in [0.5, 0.6) is 0 Å². The van der Waals surface area contributed by atoms with Crippen LogP contribution < -0.4 is 11.3 Å². The number of aliphatic imine (C=N–C) groups is 1. The normalized spacial score (nSPS) is 11.6. The van der Waals surface area contributed by atoms with Gasteiger partial charge in [-0.25, -0.2) is 10.8 Å². The summed E-state index contributed by atoms with van der Waals surface area (Å²) in [6.07, 6.45) is 1.77. The third kappa shape index (κ3) is 2.37. The molecular weight excluding hydrogens is 248 g/mol. The molecule has 1 aromatic heterocycles. The summed E-state index contributed by atoms with van der Waals surface area (Å²) < 4.78 is 0. The second kappa shape index (κ2) is 5.50. The van der Waals surface area contributed by atoms with E-state index in [2.05, 4.69) is 15.4 Å². The van der Waals surface area contributed by atoms with Crippen molar-refractivity contribution in [2.45, 2.75) is 0 Å². The highest BCUT2D eigenvalue weighted by atomic mass is 15.2. The third-order valence-corrected chi connectivity index (χ3v) is 3.02. The number of pyridine rings is 1. The second-order valence-electron chi connectivity index (χ2n) is 4.32. The average Bonchev–Trinajstić information content (AvgIpc) is 2.53. The maximum Gasteiger partial charge on any atom is 0.150 e. The molecule has 0 fully saturated rings. The van der Waals surface area contributed by atoms with E-state index >= 15 is 0 Å². The standard InChI is InChI=1S/C16H14N4/c17-20-16(19-13-8-2-1-3-9-13)14-10-4-6-12-7-5-11-18-15(12)14/h1-11H,17H2,(H,19,20). The van der Waals surface area contributed by atoms with E-state index in [1.807, 2.05) is 60.7 Å². The number of para-hydroxylation sites is 2. The van der Waals surface area contributed by atoms with E-state index in [0.29, 0.717) is 5.84 Å². The van der Waals surface area contributed by atoms with Crippen LogP contribution in [0.2, 0.25) is 0 Å². The molecule has 0 bridgehead atoms. The number of nitrogens with one attached hydrogen (secondary N) is 1. The van der Waals surface area contributed by atoms with E-state index < -0.39 is 0 Å². The van der Waals surface area contributed by atoms with Crippen molar-refractivity contribution in [1.82, 2.24) is 10.4 Å². The molecule has 2 aromatic carbocycles. The predicted octanol–water partition coefficient (Wildman–Crippen LogP) is 2.78. The largest absolute Gasteiger partial charge is 0.308 e. The highest BCUT2D eigenvalue weighted by molar-refractivity contribution is 6.09. The number of hydrogen-bond donors (Lipinski definition) is 2. The molecule has 3 aromatic rings. The van der Waals surface area contributed by atoms with Gasteiger partial charge in [-0.3, -0.25) is 4.98 Å². The Hall–Kier alpha value is -2.72. The molecule has 1 heterocycles. The fourth-order valence-corrected chi connectivity index (χ4v) is 2.10.